The Balaban J connectivity index is 1.19. The van der Waals surface area contributed by atoms with Crippen molar-refractivity contribution in [1.29, 1.82) is 0 Å². The average Bonchev–Trinajstić information content (AvgIpc) is 3.44. The number of para-hydroxylation sites is 1. The highest BCUT2D eigenvalue weighted by molar-refractivity contribution is 5.35. The molecule has 0 N–H and O–H groups in total. The second-order valence-corrected chi connectivity index (χ2v) is 8.96. The van der Waals surface area contributed by atoms with Crippen molar-refractivity contribution in [1.82, 2.24) is 24.2 Å². The highest BCUT2D eigenvalue weighted by Gasteiger charge is 2.21. The molecule has 1 aromatic carbocycles. The van der Waals surface area contributed by atoms with Gasteiger partial charge in [0, 0.05) is 56.3 Å². The van der Waals surface area contributed by atoms with E-state index in [-0.39, 0.29) is 0 Å². The van der Waals surface area contributed by atoms with Crippen LogP contribution in [0.4, 0.5) is 0 Å². The molecule has 0 spiro atoms. The van der Waals surface area contributed by atoms with E-state index in [1.165, 1.54) is 31.5 Å². The summed E-state index contributed by atoms with van der Waals surface area (Å²) in [5, 5.41) is 0. The first-order valence-corrected chi connectivity index (χ1v) is 11.8. The molecule has 2 fully saturated rings. The smallest absolute Gasteiger partial charge is 0.155 e. The van der Waals surface area contributed by atoms with Gasteiger partial charge in [-0.15, -0.1) is 0 Å². The average molecular weight is 436 g/mol. The molecule has 170 valence electrons. The summed E-state index contributed by atoms with van der Waals surface area (Å²) in [7, 11) is 0. The van der Waals surface area contributed by atoms with Gasteiger partial charge in [-0.05, 0) is 38.4 Å². The Hall–Kier alpha value is -2.48. The van der Waals surface area contributed by atoms with Crippen molar-refractivity contribution < 1.29 is 9.47 Å². The zero-order valence-electron chi connectivity index (χ0n) is 18.7. The van der Waals surface area contributed by atoms with Crippen LogP contribution in [-0.2, 0) is 17.7 Å². The Bertz CT molecular complexity index is 1000. The molecule has 3 aromatic rings. The Morgan fingerprint density at radius 3 is 2.91 bits per heavy atom. The number of nitrogens with zero attached hydrogens (tertiary/aromatic N) is 5. The molecule has 7 nitrogen and oxygen atoms in total. The first-order chi connectivity index (χ1) is 15.8. The lowest BCUT2D eigenvalue weighted by molar-refractivity contribution is 0.121. The van der Waals surface area contributed by atoms with Gasteiger partial charge in [0.1, 0.15) is 12.4 Å². The van der Waals surface area contributed by atoms with E-state index in [1.54, 1.807) is 0 Å². The van der Waals surface area contributed by atoms with Crippen molar-refractivity contribution in [3.8, 4) is 5.75 Å². The van der Waals surface area contributed by atoms with Crippen molar-refractivity contribution in [2.75, 3.05) is 52.5 Å². The molecule has 4 heterocycles. The third kappa shape index (κ3) is 5.46. The Morgan fingerprint density at radius 2 is 1.97 bits per heavy atom. The van der Waals surface area contributed by atoms with Crippen LogP contribution in [0, 0.1) is 5.92 Å². The largest absolute Gasteiger partial charge is 0.492 e. The van der Waals surface area contributed by atoms with E-state index in [4.69, 9.17) is 9.47 Å². The second kappa shape index (κ2) is 10.4. The van der Waals surface area contributed by atoms with Crippen LogP contribution in [0.3, 0.4) is 0 Å². The minimum absolute atomic E-state index is 0.411. The lowest BCUT2D eigenvalue weighted by Gasteiger charge is -2.24. The van der Waals surface area contributed by atoms with Gasteiger partial charge in [-0.2, -0.15) is 0 Å². The topological polar surface area (TPSA) is 55.1 Å². The molecule has 5 rings (SSSR count). The van der Waals surface area contributed by atoms with Crippen LogP contribution in [0.1, 0.15) is 24.1 Å². The summed E-state index contributed by atoms with van der Waals surface area (Å²) in [6.45, 7) is 8.54. The van der Waals surface area contributed by atoms with E-state index in [1.807, 2.05) is 23.0 Å². The predicted octanol–water partition coefficient (Wildman–Crippen LogP) is 2.90. The molecule has 1 atom stereocenters. The van der Waals surface area contributed by atoms with Crippen LogP contribution in [0.15, 0.2) is 49.1 Å². The molecule has 0 amide bonds. The highest BCUT2D eigenvalue weighted by Crippen LogP contribution is 2.22. The van der Waals surface area contributed by atoms with Gasteiger partial charge in [-0.25, -0.2) is 4.98 Å². The van der Waals surface area contributed by atoms with Crippen molar-refractivity contribution in [2.45, 2.75) is 25.8 Å². The van der Waals surface area contributed by atoms with Crippen molar-refractivity contribution in [2.24, 2.45) is 5.92 Å². The van der Waals surface area contributed by atoms with E-state index in [0.29, 0.717) is 5.92 Å². The van der Waals surface area contributed by atoms with Gasteiger partial charge in [0.2, 0.25) is 0 Å². The zero-order chi connectivity index (χ0) is 21.6. The Kier molecular flexibility index (Phi) is 6.96. The summed E-state index contributed by atoms with van der Waals surface area (Å²) in [5.74, 6) is 1.43. The monoisotopic (exact) mass is 435 g/mol. The number of hydrogen-bond acceptors (Lipinski definition) is 6. The Labute approximate surface area is 190 Å². The van der Waals surface area contributed by atoms with Crippen molar-refractivity contribution >= 4 is 5.65 Å². The third-order valence-electron chi connectivity index (χ3n) is 6.48. The van der Waals surface area contributed by atoms with E-state index < -0.39 is 0 Å². The molecule has 2 saturated heterocycles. The minimum atomic E-state index is 0.411. The summed E-state index contributed by atoms with van der Waals surface area (Å²) < 4.78 is 14.2. The zero-order valence-corrected chi connectivity index (χ0v) is 18.7. The van der Waals surface area contributed by atoms with Crippen LogP contribution in [-0.4, -0.2) is 76.7 Å². The standard InChI is InChI=1S/C25H33N5O2/c1-2-6-24(32-14-12-28-8-3-4-9-28)22(5-1)18-29-11-13-31-20-21(17-29)15-23-19-30-10-7-26-25(30)16-27-23/h1-2,5-7,10,16,19,21H,3-4,8-9,11-15,17-18,20H2/t21-/m1/s1. The SMILES string of the molecule is c1ccc(OCCN2CCCC2)c(CN2CCOC[C@H](Cc3cn4ccnc4cn3)C2)c1. The van der Waals surface area contributed by atoms with Gasteiger partial charge in [-0.3, -0.25) is 14.8 Å². The minimum Gasteiger partial charge on any atom is -0.492 e. The quantitative estimate of drug-likeness (QED) is 0.542. The van der Waals surface area contributed by atoms with Gasteiger partial charge in [0.15, 0.2) is 5.65 Å². The van der Waals surface area contributed by atoms with Gasteiger partial charge in [0.05, 0.1) is 25.1 Å². The lowest BCUT2D eigenvalue weighted by Crippen LogP contribution is -2.31. The first kappa shape index (κ1) is 21.4. The summed E-state index contributed by atoms with van der Waals surface area (Å²) in [6, 6.07) is 8.48. The van der Waals surface area contributed by atoms with Crippen LogP contribution < -0.4 is 4.74 Å². The van der Waals surface area contributed by atoms with E-state index in [2.05, 4.69) is 50.2 Å². The molecular weight excluding hydrogens is 402 g/mol. The molecule has 0 aliphatic carbocycles. The second-order valence-electron chi connectivity index (χ2n) is 8.96. The number of ether oxygens (including phenoxy) is 2. The van der Waals surface area contributed by atoms with Crippen LogP contribution >= 0.6 is 0 Å². The number of aromatic nitrogens is 3. The highest BCUT2D eigenvalue weighted by atomic mass is 16.5. The van der Waals surface area contributed by atoms with Crippen molar-refractivity contribution in [3.63, 3.8) is 0 Å². The van der Waals surface area contributed by atoms with Gasteiger partial charge < -0.3 is 13.9 Å². The van der Waals surface area contributed by atoms with E-state index in [0.717, 1.165) is 69.5 Å². The number of hydrogen-bond donors (Lipinski definition) is 0. The van der Waals surface area contributed by atoms with Gasteiger partial charge in [-0.1, -0.05) is 18.2 Å². The van der Waals surface area contributed by atoms with E-state index in [9.17, 15) is 0 Å². The number of fused-ring (bicyclic) bond motifs is 1. The van der Waals surface area contributed by atoms with E-state index >= 15 is 0 Å². The van der Waals surface area contributed by atoms with Gasteiger partial charge >= 0.3 is 0 Å². The molecule has 0 bridgehead atoms. The number of likely N-dealkylation sites (tertiary alicyclic amines) is 1. The lowest BCUT2D eigenvalue weighted by atomic mass is 10.0. The van der Waals surface area contributed by atoms with Crippen molar-refractivity contribution in [3.05, 3.63) is 60.3 Å². The maximum absolute atomic E-state index is 6.21. The molecule has 0 unspecified atom stereocenters. The fourth-order valence-corrected chi connectivity index (χ4v) is 4.80. The molecule has 0 saturated carbocycles. The first-order valence-electron chi connectivity index (χ1n) is 11.8. The van der Waals surface area contributed by atoms with Crippen LogP contribution in [0.2, 0.25) is 0 Å². The maximum atomic E-state index is 6.21. The Morgan fingerprint density at radius 1 is 1.06 bits per heavy atom. The summed E-state index contributed by atoms with van der Waals surface area (Å²) in [6.07, 6.45) is 11.3. The summed E-state index contributed by atoms with van der Waals surface area (Å²) in [5.41, 5.74) is 3.22. The fourth-order valence-electron chi connectivity index (χ4n) is 4.80. The molecule has 0 radical (unpaired) electrons. The van der Waals surface area contributed by atoms with Crippen LogP contribution in [0.5, 0.6) is 5.75 Å². The molecule has 32 heavy (non-hydrogen) atoms. The third-order valence-corrected chi connectivity index (χ3v) is 6.48. The normalized spacial score (nSPS) is 20.6. The molecule has 2 aromatic heterocycles. The molecule has 2 aliphatic heterocycles. The predicted molar refractivity (Wildman–Crippen MR) is 124 cm³/mol. The number of benzene rings is 1. The fraction of sp³-hybridized carbons (Fsp3) is 0.520. The molecule has 2 aliphatic rings. The summed E-state index contributed by atoms with van der Waals surface area (Å²) >= 11 is 0. The summed E-state index contributed by atoms with van der Waals surface area (Å²) in [4.78, 5) is 13.9. The maximum Gasteiger partial charge on any atom is 0.155 e. The molecule has 7 heteroatoms. The molecular formula is C25H33N5O2. The number of imidazole rings is 1. The number of rotatable bonds is 8. The van der Waals surface area contributed by atoms with Gasteiger partial charge in [0.25, 0.3) is 0 Å². The van der Waals surface area contributed by atoms with Crippen LogP contribution in [0.25, 0.3) is 5.65 Å².